The first-order valence-corrected chi connectivity index (χ1v) is 9.32. The fourth-order valence-electron chi connectivity index (χ4n) is 3.23. The van der Waals surface area contributed by atoms with Crippen LogP contribution in [-0.4, -0.2) is 35.4 Å². The lowest BCUT2D eigenvalue weighted by molar-refractivity contribution is -0.127. The lowest BCUT2D eigenvalue weighted by Crippen LogP contribution is -2.23. The zero-order valence-electron chi connectivity index (χ0n) is 17.0. The summed E-state index contributed by atoms with van der Waals surface area (Å²) in [5.74, 6) is -0.593. The van der Waals surface area contributed by atoms with Crippen LogP contribution in [0.5, 0.6) is 0 Å². The third kappa shape index (κ3) is 4.37. The van der Waals surface area contributed by atoms with E-state index in [4.69, 9.17) is 0 Å². The van der Waals surface area contributed by atoms with E-state index in [0.717, 1.165) is 11.3 Å². The summed E-state index contributed by atoms with van der Waals surface area (Å²) in [5.41, 5.74) is 3.84. The molecule has 2 amide bonds. The van der Waals surface area contributed by atoms with Gasteiger partial charge in [0.25, 0.3) is 5.91 Å². The number of benzene rings is 2. The molecule has 0 aliphatic rings. The summed E-state index contributed by atoms with van der Waals surface area (Å²) >= 11 is 0. The van der Waals surface area contributed by atoms with E-state index in [1.807, 2.05) is 19.1 Å². The molecule has 3 aromatic rings. The third-order valence-corrected chi connectivity index (χ3v) is 4.84. The smallest absolute Gasteiger partial charge is 0.257 e. The summed E-state index contributed by atoms with van der Waals surface area (Å²) < 4.78 is 16.0. The van der Waals surface area contributed by atoms with Gasteiger partial charge in [-0.05, 0) is 49.7 Å². The normalized spacial score (nSPS) is 10.7. The number of amides is 2. The van der Waals surface area contributed by atoms with Crippen molar-refractivity contribution in [3.8, 4) is 5.69 Å². The van der Waals surface area contributed by atoms with Crippen LogP contribution in [0.3, 0.4) is 0 Å². The molecule has 1 heterocycles. The van der Waals surface area contributed by atoms with Crippen molar-refractivity contribution in [2.75, 3.05) is 19.4 Å². The number of nitrogens with zero attached hydrogens (tertiary/aromatic N) is 2. The lowest BCUT2D eigenvalue weighted by Gasteiger charge is -2.12. The van der Waals surface area contributed by atoms with Crippen molar-refractivity contribution in [3.63, 3.8) is 0 Å². The molecule has 6 heteroatoms. The number of nitrogens with one attached hydrogen (secondary N) is 1. The molecule has 0 saturated carbocycles. The van der Waals surface area contributed by atoms with E-state index in [1.54, 1.807) is 66.9 Å². The van der Waals surface area contributed by atoms with E-state index >= 15 is 0 Å². The Kier molecular flexibility index (Phi) is 5.82. The molecule has 150 valence electrons. The maximum absolute atomic E-state index is 14.2. The SMILES string of the molecule is Cc1cc(C(=O)Nc2ccc(CC(=O)N(C)C)cc2)c(C)n1-c1ccccc1F. The van der Waals surface area contributed by atoms with Crippen molar-refractivity contribution in [1.29, 1.82) is 0 Å². The highest BCUT2D eigenvalue weighted by Gasteiger charge is 2.18. The van der Waals surface area contributed by atoms with Crippen LogP contribution in [0.25, 0.3) is 5.69 Å². The van der Waals surface area contributed by atoms with Crippen LogP contribution in [0.4, 0.5) is 10.1 Å². The summed E-state index contributed by atoms with van der Waals surface area (Å²) in [6, 6.07) is 15.4. The number of halogens is 1. The molecule has 1 aromatic heterocycles. The molecule has 0 atom stereocenters. The van der Waals surface area contributed by atoms with Crippen LogP contribution in [0, 0.1) is 19.7 Å². The van der Waals surface area contributed by atoms with Crippen molar-refractivity contribution in [2.45, 2.75) is 20.3 Å². The Bertz CT molecular complexity index is 1050. The molecular weight excluding hydrogens is 369 g/mol. The van der Waals surface area contributed by atoms with Gasteiger partial charge >= 0.3 is 0 Å². The van der Waals surface area contributed by atoms with Gasteiger partial charge in [-0.25, -0.2) is 4.39 Å². The minimum atomic E-state index is -0.343. The van der Waals surface area contributed by atoms with Gasteiger partial charge in [-0.3, -0.25) is 9.59 Å². The van der Waals surface area contributed by atoms with Crippen molar-refractivity contribution in [3.05, 3.63) is 82.9 Å². The first-order valence-electron chi connectivity index (χ1n) is 9.32. The molecule has 0 fully saturated rings. The van der Waals surface area contributed by atoms with Gasteiger partial charge in [-0.15, -0.1) is 0 Å². The van der Waals surface area contributed by atoms with Gasteiger partial charge in [0.15, 0.2) is 0 Å². The van der Waals surface area contributed by atoms with Crippen LogP contribution in [0.2, 0.25) is 0 Å². The van der Waals surface area contributed by atoms with E-state index in [-0.39, 0.29) is 17.6 Å². The van der Waals surface area contributed by atoms with Crippen LogP contribution in [0.15, 0.2) is 54.6 Å². The number of para-hydroxylation sites is 1. The summed E-state index contributed by atoms with van der Waals surface area (Å²) in [6.07, 6.45) is 0.311. The number of aromatic nitrogens is 1. The molecule has 0 saturated heterocycles. The average Bonchev–Trinajstić information content (AvgIpc) is 2.98. The number of aryl methyl sites for hydroxylation is 1. The predicted octanol–water partition coefficient (Wildman–Crippen LogP) is 4.12. The molecule has 0 spiro atoms. The first kappa shape index (κ1) is 20.3. The molecule has 0 unspecified atom stereocenters. The quantitative estimate of drug-likeness (QED) is 0.709. The molecule has 0 radical (unpaired) electrons. The second kappa shape index (κ2) is 8.31. The summed E-state index contributed by atoms with van der Waals surface area (Å²) in [6.45, 7) is 3.64. The first-order chi connectivity index (χ1) is 13.8. The maximum Gasteiger partial charge on any atom is 0.257 e. The Morgan fingerprint density at radius 2 is 1.69 bits per heavy atom. The molecule has 0 aliphatic carbocycles. The Balaban J connectivity index is 1.79. The Hall–Kier alpha value is -3.41. The van der Waals surface area contributed by atoms with Crippen LogP contribution < -0.4 is 5.32 Å². The molecule has 0 aliphatic heterocycles. The van der Waals surface area contributed by atoms with Crippen molar-refractivity contribution in [2.24, 2.45) is 0 Å². The average molecular weight is 393 g/mol. The van der Waals surface area contributed by atoms with E-state index in [0.29, 0.717) is 29.1 Å². The van der Waals surface area contributed by atoms with Crippen molar-refractivity contribution in [1.82, 2.24) is 9.47 Å². The number of hydrogen-bond acceptors (Lipinski definition) is 2. The number of rotatable bonds is 5. The number of hydrogen-bond donors (Lipinski definition) is 1. The van der Waals surface area contributed by atoms with Crippen LogP contribution in [-0.2, 0) is 11.2 Å². The summed E-state index contributed by atoms with van der Waals surface area (Å²) in [4.78, 5) is 26.1. The molecule has 3 rings (SSSR count). The molecule has 5 nitrogen and oxygen atoms in total. The van der Waals surface area contributed by atoms with Gasteiger partial charge in [0, 0.05) is 31.2 Å². The molecule has 0 bridgehead atoms. The minimum Gasteiger partial charge on any atom is -0.349 e. The third-order valence-electron chi connectivity index (χ3n) is 4.84. The minimum absolute atomic E-state index is 0.0161. The summed E-state index contributed by atoms with van der Waals surface area (Å²) in [7, 11) is 3.43. The Morgan fingerprint density at radius 3 is 2.31 bits per heavy atom. The van der Waals surface area contributed by atoms with E-state index in [2.05, 4.69) is 5.32 Å². The topological polar surface area (TPSA) is 54.3 Å². The summed E-state index contributed by atoms with van der Waals surface area (Å²) in [5, 5.41) is 2.87. The van der Waals surface area contributed by atoms with Gasteiger partial charge in [-0.1, -0.05) is 24.3 Å². The van der Waals surface area contributed by atoms with E-state index < -0.39 is 0 Å². The second-order valence-corrected chi connectivity index (χ2v) is 7.19. The second-order valence-electron chi connectivity index (χ2n) is 7.19. The van der Waals surface area contributed by atoms with Gasteiger partial charge in [0.1, 0.15) is 5.82 Å². The van der Waals surface area contributed by atoms with Gasteiger partial charge in [0.05, 0.1) is 17.7 Å². The number of anilines is 1. The van der Waals surface area contributed by atoms with Crippen molar-refractivity contribution < 1.29 is 14.0 Å². The number of carbonyl (C=O) groups excluding carboxylic acids is 2. The zero-order valence-corrected chi connectivity index (χ0v) is 17.0. The zero-order chi connectivity index (χ0) is 21.1. The Labute approximate surface area is 169 Å². The molecule has 2 aromatic carbocycles. The van der Waals surface area contributed by atoms with E-state index in [1.165, 1.54) is 6.07 Å². The highest BCUT2D eigenvalue weighted by molar-refractivity contribution is 6.05. The van der Waals surface area contributed by atoms with Gasteiger partial charge in [-0.2, -0.15) is 0 Å². The van der Waals surface area contributed by atoms with E-state index in [9.17, 15) is 14.0 Å². The predicted molar refractivity (Wildman–Crippen MR) is 112 cm³/mol. The largest absolute Gasteiger partial charge is 0.349 e. The highest BCUT2D eigenvalue weighted by Crippen LogP contribution is 2.23. The van der Waals surface area contributed by atoms with Gasteiger partial charge < -0.3 is 14.8 Å². The standard InChI is InChI=1S/C23H24FN3O2/c1-15-13-19(16(2)27(15)21-8-6-5-7-20(21)24)23(29)25-18-11-9-17(10-12-18)14-22(28)26(3)4/h5-13H,14H2,1-4H3,(H,25,29). The molecule has 1 N–H and O–H groups in total. The van der Waals surface area contributed by atoms with Gasteiger partial charge in [0.2, 0.25) is 5.91 Å². The number of carbonyl (C=O) groups is 2. The highest BCUT2D eigenvalue weighted by atomic mass is 19.1. The molecule has 29 heavy (non-hydrogen) atoms. The maximum atomic E-state index is 14.2. The Morgan fingerprint density at radius 1 is 1.03 bits per heavy atom. The monoisotopic (exact) mass is 393 g/mol. The number of likely N-dealkylation sites (N-methyl/N-ethyl adjacent to an activating group) is 1. The van der Waals surface area contributed by atoms with Crippen LogP contribution in [0.1, 0.15) is 27.3 Å². The fraction of sp³-hybridized carbons (Fsp3) is 0.217. The van der Waals surface area contributed by atoms with Crippen molar-refractivity contribution >= 4 is 17.5 Å². The lowest BCUT2D eigenvalue weighted by atomic mass is 10.1. The molecular formula is C23H24FN3O2. The fourth-order valence-corrected chi connectivity index (χ4v) is 3.23. The van der Waals surface area contributed by atoms with Crippen LogP contribution >= 0.6 is 0 Å².